The average molecular weight is 569 g/mol. The maximum absolute atomic E-state index is 13.6. The van der Waals surface area contributed by atoms with Crippen LogP contribution in [0.5, 0.6) is 0 Å². The first-order valence-electron chi connectivity index (χ1n) is 15.4. The molecule has 0 aliphatic carbocycles. The largest absolute Gasteiger partial charge is 0.356 e. The van der Waals surface area contributed by atoms with E-state index in [0.29, 0.717) is 23.9 Å². The summed E-state index contributed by atoms with van der Waals surface area (Å²) in [6.07, 6.45) is 12.2. The van der Waals surface area contributed by atoms with Crippen molar-refractivity contribution in [3.8, 4) is 0 Å². The van der Waals surface area contributed by atoms with Gasteiger partial charge in [0.25, 0.3) is 0 Å². The summed E-state index contributed by atoms with van der Waals surface area (Å²) in [6.45, 7) is 11.6. The van der Waals surface area contributed by atoms with E-state index >= 15 is 0 Å². The van der Waals surface area contributed by atoms with Crippen LogP contribution in [0.2, 0.25) is 0 Å². The van der Waals surface area contributed by atoms with Crippen molar-refractivity contribution in [1.29, 1.82) is 0 Å². The Balaban J connectivity index is 1.24. The molecular weight excluding hydrogens is 520 g/mol. The highest BCUT2D eigenvalue weighted by Gasteiger charge is 2.34. The van der Waals surface area contributed by atoms with Crippen LogP contribution in [0.3, 0.4) is 0 Å². The molecule has 0 saturated carbocycles. The van der Waals surface area contributed by atoms with Crippen LogP contribution in [0.25, 0.3) is 0 Å². The SMILES string of the molecule is CC(C)(C)c1ccc(S(=O)(=O)N2CCCC(N3CCCCC(Nc4nccc(N5CCCCCC5)n4)C3)C2)cc1. The zero-order valence-electron chi connectivity index (χ0n) is 24.7. The van der Waals surface area contributed by atoms with E-state index in [1.807, 2.05) is 24.4 Å². The van der Waals surface area contributed by atoms with Gasteiger partial charge in [0.15, 0.2) is 0 Å². The minimum absolute atomic E-state index is 0.00483. The summed E-state index contributed by atoms with van der Waals surface area (Å²) in [5.74, 6) is 1.73. The van der Waals surface area contributed by atoms with Gasteiger partial charge in [0.05, 0.1) is 4.90 Å². The van der Waals surface area contributed by atoms with Crippen LogP contribution in [-0.2, 0) is 15.4 Å². The van der Waals surface area contributed by atoms with E-state index in [9.17, 15) is 8.42 Å². The molecule has 3 aliphatic rings. The number of piperidine rings is 1. The van der Waals surface area contributed by atoms with Crippen LogP contribution in [-0.4, -0.2) is 78.9 Å². The maximum atomic E-state index is 13.6. The molecular formula is C31H48N6O2S. The summed E-state index contributed by atoms with van der Waals surface area (Å²) in [7, 11) is -3.52. The summed E-state index contributed by atoms with van der Waals surface area (Å²) in [6, 6.07) is 10.00. The summed E-state index contributed by atoms with van der Waals surface area (Å²) in [4.78, 5) is 14.8. The van der Waals surface area contributed by atoms with Crippen molar-refractivity contribution in [1.82, 2.24) is 19.2 Å². The summed E-state index contributed by atoms with van der Waals surface area (Å²) < 4.78 is 28.9. The third-order valence-electron chi connectivity index (χ3n) is 8.84. The Kier molecular flexibility index (Phi) is 9.32. The maximum Gasteiger partial charge on any atom is 0.243 e. The number of hydrogen-bond acceptors (Lipinski definition) is 7. The molecule has 4 heterocycles. The first kappa shape index (κ1) is 29.3. The number of aromatic nitrogens is 2. The van der Waals surface area contributed by atoms with E-state index in [4.69, 9.17) is 4.98 Å². The van der Waals surface area contributed by atoms with Crippen molar-refractivity contribution in [3.63, 3.8) is 0 Å². The third kappa shape index (κ3) is 7.15. The van der Waals surface area contributed by atoms with Gasteiger partial charge in [0, 0.05) is 51.0 Å². The van der Waals surface area contributed by atoms with E-state index < -0.39 is 10.0 Å². The monoisotopic (exact) mass is 568 g/mol. The number of sulfonamides is 1. The molecule has 2 unspecified atom stereocenters. The first-order valence-corrected chi connectivity index (χ1v) is 16.8. The van der Waals surface area contributed by atoms with E-state index in [1.54, 1.807) is 16.4 Å². The van der Waals surface area contributed by atoms with Crippen molar-refractivity contribution < 1.29 is 8.42 Å². The van der Waals surface area contributed by atoms with Crippen molar-refractivity contribution in [3.05, 3.63) is 42.1 Å². The van der Waals surface area contributed by atoms with Crippen LogP contribution in [0, 0.1) is 0 Å². The Bertz CT molecular complexity index is 1210. The molecule has 3 fully saturated rings. The van der Waals surface area contributed by atoms with Crippen molar-refractivity contribution in [2.75, 3.05) is 49.5 Å². The molecule has 2 aromatic rings. The lowest BCUT2D eigenvalue weighted by molar-refractivity contribution is 0.136. The molecule has 5 rings (SSSR count). The van der Waals surface area contributed by atoms with Crippen LogP contribution >= 0.6 is 0 Å². The number of rotatable bonds is 6. The minimum atomic E-state index is -3.52. The normalized spacial score (nSPS) is 24.3. The number of benzene rings is 1. The molecule has 1 aromatic carbocycles. The highest BCUT2D eigenvalue weighted by Crippen LogP contribution is 2.28. The van der Waals surface area contributed by atoms with Crippen LogP contribution in [0.15, 0.2) is 41.4 Å². The Morgan fingerprint density at radius 1 is 0.825 bits per heavy atom. The van der Waals surface area contributed by atoms with E-state index in [2.05, 4.69) is 40.9 Å². The van der Waals surface area contributed by atoms with E-state index in [-0.39, 0.29) is 17.5 Å². The van der Waals surface area contributed by atoms with E-state index in [0.717, 1.165) is 69.7 Å². The molecule has 220 valence electrons. The zero-order valence-corrected chi connectivity index (χ0v) is 25.5. The first-order chi connectivity index (χ1) is 19.2. The predicted molar refractivity (Wildman–Crippen MR) is 162 cm³/mol. The van der Waals surface area contributed by atoms with Crippen LogP contribution in [0.1, 0.15) is 84.1 Å². The van der Waals surface area contributed by atoms with Crippen LogP contribution < -0.4 is 10.2 Å². The second-order valence-corrected chi connectivity index (χ2v) is 14.8. The Hall–Kier alpha value is -2.23. The van der Waals surface area contributed by atoms with Gasteiger partial charge < -0.3 is 10.2 Å². The molecule has 8 nitrogen and oxygen atoms in total. The predicted octanol–water partition coefficient (Wildman–Crippen LogP) is 5.27. The molecule has 0 spiro atoms. The summed E-state index contributed by atoms with van der Waals surface area (Å²) in [5.41, 5.74) is 1.14. The lowest BCUT2D eigenvalue weighted by Crippen LogP contribution is -2.51. The standard InChI is InChI=1S/C31H48N6O2S/c1-31(2,3)25-13-15-28(16-14-25)40(38,39)37-22-10-12-27(24-37)36-21-9-6-11-26(23-36)33-30-32-18-17-29(34-30)35-19-7-4-5-8-20-35/h13-18,26-27H,4-12,19-24H2,1-3H3,(H,32,33,34). The Morgan fingerprint density at radius 3 is 2.27 bits per heavy atom. The topological polar surface area (TPSA) is 81.7 Å². The number of nitrogens with zero attached hydrogens (tertiary/aromatic N) is 5. The molecule has 1 N–H and O–H groups in total. The average Bonchev–Trinajstić information content (AvgIpc) is 3.37. The third-order valence-corrected chi connectivity index (χ3v) is 10.7. The van der Waals surface area contributed by atoms with Crippen molar-refractivity contribution >= 4 is 21.8 Å². The quantitative estimate of drug-likeness (QED) is 0.508. The van der Waals surface area contributed by atoms with Crippen LogP contribution in [0.4, 0.5) is 11.8 Å². The molecule has 40 heavy (non-hydrogen) atoms. The van der Waals surface area contributed by atoms with Crippen molar-refractivity contribution in [2.24, 2.45) is 0 Å². The second-order valence-electron chi connectivity index (χ2n) is 12.9. The summed E-state index contributed by atoms with van der Waals surface area (Å²) in [5, 5.41) is 3.65. The minimum Gasteiger partial charge on any atom is -0.356 e. The smallest absolute Gasteiger partial charge is 0.243 e. The van der Waals surface area contributed by atoms with Gasteiger partial charge in [-0.15, -0.1) is 0 Å². The van der Waals surface area contributed by atoms with Gasteiger partial charge in [-0.05, 0) is 74.2 Å². The molecule has 2 atom stereocenters. The van der Waals surface area contributed by atoms with Gasteiger partial charge in [-0.1, -0.05) is 52.2 Å². The number of likely N-dealkylation sites (tertiary alicyclic amines) is 1. The fourth-order valence-electron chi connectivity index (χ4n) is 6.41. The Morgan fingerprint density at radius 2 is 1.55 bits per heavy atom. The van der Waals surface area contributed by atoms with E-state index in [1.165, 1.54) is 25.7 Å². The number of hydrogen-bond donors (Lipinski definition) is 1. The van der Waals surface area contributed by atoms with Gasteiger partial charge in [-0.3, -0.25) is 4.90 Å². The highest BCUT2D eigenvalue weighted by atomic mass is 32.2. The van der Waals surface area contributed by atoms with Gasteiger partial charge >= 0.3 is 0 Å². The number of nitrogens with one attached hydrogen (secondary N) is 1. The molecule has 1 aromatic heterocycles. The molecule has 0 amide bonds. The Labute approximate surface area is 241 Å². The molecule has 3 saturated heterocycles. The van der Waals surface area contributed by atoms with Gasteiger partial charge in [0.1, 0.15) is 5.82 Å². The molecule has 0 bridgehead atoms. The fourth-order valence-corrected chi connectivity index (χ4v) is 7.93. The van der Waals surface area contributed by atoms with Gasteiger partial charge in [-0.2, -0.15) is 9.29 Å². The van der Waals surface area contributed by atoms with Gasteiger partial charge in [-0.25, -0.2) is 13.4 Å². The second kappa shape index (κ2) is 12.7. The molecule has 0 radical (unpaired) electrons. The lowest BCUT2D eigenvalue weighted by atomic mass is 9.87. The molecule has 9 heteroatoms. The summed E-state index contributed by atoms with van der Waals surface area (Å²) >= 11 is 0. The number of anilines is 2. The zero-order chi connectivity index (χ0) is 28.2. The molecule has 3 aliphatic heterocycles. The highest BCUT2D eigenvalue weighted by molar-refractivity contribution is 7.89. The fraction of sp³-hybridized carbons (Fsp3) is 0.677. The lowest BCUT2D eigenvalue weighted by Gasteiger charge is -2.39. The van der Waals surface area contributed by atoms with Gasteiger partial charge in [0.2, 0.25) is 16.0 Å². The van der Waals surface area contributed by atoms with Crippen molar-refractivity contribution in [2.45, 2.75) is 101 Å².